The molecule has 1 nitrogen and oxygen atoms in total. The minimum absolute atomic E-state index is 0.172. The molecule has 0 radical (unpaired) electrons. The largest absolute Gasteiger partial charge is 0.374 e. The zero-order valence-electron chi connectivity index (χ0n) is 12.9. The lowest BCUT2D eigenvalue weighted by atomic mass is 9.70. The van der Waals surface area contributed by atoms with E-state index in [1.54, 1.807) is 0 Å². The molecule has 0 spiro atoms. The second-order valence-corrected chi connectivity index (χ2v) is 6.41. The molecular weight excluding hydrogens is 218 g/mol. The number of hydrogen-bond acceptors (Lipinski definition) is 1. The average molecular weight is 247 g/mol. The zero-order valence-corrected chi connectivity index (χ0v) is 12.9. The van der Waals surface area contributed by atoms with Gasteiger partial charge < -0.3 is 4.90 Å². The van der Waals surface area contributed by atoms with Crippen LogP contribution in [0.1, 0.15) is 53.4 Å². The minimum Gasteiger partial charge on any atom is -0.374 e. The number of likely N-dealkylation sites (N-methyl/N-ethyl adjacent to an activating group) is 1. The SMILES string of the molecule is C=C1C(=C)C(C(C)(C)C)=C1N(C)CCCCCC. The summed E-state index contributed by atoms with van der Waals surface area (Å²) in [4.78, 5) is 2.37. The molecule has 0 fully saturated rings. The van der Waals surface area contributed by atoms with Gasteiger partial charge in [-0.1, -0.05) is 60.1 Å². The quantitative estimate of drug-likeness (QED) is 0.602. The van der Waals surface area contributed by atoms with Gasteiger partial charge in [0.15, 0.2) is 0 Å². The van der Waals surface area contributed by atoms with Crippen LogP contribution in [0, 0.1) is 5.41 Å². The summed E-state index contributed by atoms with van der Waals surface area (Å²) < 4.78 is 0. The van der Waals surface area contributed by atoms with Crippen LogP contribution in [0.25, 0.3) is 0 Å². The molecule has 102 valence electrons. The first-order valence-electron chi connectivity index (χ1n) is 7.15. The standard InChI is InChI=1S/C17H29N/c1-8-9-10-11-12-18(7)16-14(3)13(2)15(16)17(4,5)6/h2-3,8-12H2,1,4-7H3. The third-order valence-electron chi connectivity index (χ3n) is 3.67. The molecule has 0 aromatic heterocycles. The Morgan fingerprint density at radius 1 is 1.00 bits per heavy atom. The molecule has 0 saturated heterocycles. The van der Waals surface area contributed by atoms with Crippen LogP contribution in [-0.4, -0.2) is 18.5 Å². The van der Waals surface area contributed by atoms with Crippen molar-refractivity contribution in [3.8, 4) is 0 Å². The Balaban J connectivity index is 2.71. The molecule has 0 unspecified atom stereocenters. The molecule has 0 aliphatic heterocycles. The fraction of sp³-hybridized carbons (Fsp3) is 0.647. The van der Waals surface area contributed by atoms with Crippen LogP contribution < -0.4 is 0 Å². The van der Waals surface area contributed by atoms with Gasteiger partial charge >= 0.3 is 0 Å². The van der Waals surface area contributed by atoms with Crippen LogP contribution in [0.15, 0.2) is 35.6 Å². The highest BCUT2D eigenvalue weighted by Crippen LogP contribution is 2.48. The highest BCUT2D eigenvalue weighted by Gasteiger charge is 2.35. The fourth-order valence-electron chi connectivity index (χ4n) is 2.64. The lowest BCUT2D eigenvalue weighted by Crippen LogP contribution is -2.33. The maximum Gasteiger partial charge on any atom is 0.0481 e. The van der Waals surface area contributed by atoms with Crippen molar-refractivity contribution in [3.63, 3.8) is 0 Å². The maximum absolute atomic E-state index is 4.15. The van der Waals surface area contributed by atoms with Gasteiger partial charge in [-0.2, -0.15) is 0 Å². The van der Waals surface area contributed by atoms with E-state index in [4.69, 9.17) is 0 Å². The molecule has 0 saturated carbocycles. The zero-order chi connectivity index (χ0) is 13.9. The smallest absolute Gasteiger partial charge is 0.0481 e. The monoisotopic (exact) mass is 247 g/mol. The van der Waals surface area contributed by atoms with E-state index in [9.17, 15) is 0 Å². The molecule has 18 heavy (non-hydrogen) atoms. The number of allylic oxidation sites excluding steroid dienone is 2. The van der Waals surface area contributed by atoms with E-state index in [0.717, 1.165) is 17.7 Å². The van der Waals surface area contributed by atoms with Gasteiger partial charge in [-0.3, -0.25) is 0 Å². The Kier molecular flexibility index (Phi) is 4.84. The second-order valence-electron chi connectivity index (χ2n) is 6.41. The van der Waals surface area contributed by atoms with Crippen molar-refractivity contribution in [2.45, 2.75) is 53.4 Å². The highest BCUT2D eigenvalue weighted by atomic mass is 15.1. The van der Waals surface area contributed by atoms with Crippen molar-refractivity contribution in [1.29, 1.82) is 0 Å². The molecule has 1 aliphatic rings. The van der Waals surface area contributed by atoms with Crippen molar-refractivity contribution < 1.29 is 0 Å². The summed E-state index contributed by atoms with van der Waals surface area (Å²) in [5.41, 5.74) is 5.19. The topological polar surface area (TPSA) is 3.24 Å². The lowest BCUT2D eigenvalue weighted by molar-refractivity contribution is 0.374. The first kappa shape index (κ1) is 15.1. The van der Waals surface area contributed by atoms with E-state index in [0.29, 0.717) is 0 Å². The maximum atomic E-state index is 4.15. The number of rotatable bonds is 6. The molecule has 0 aromatic rings. The summed E-state index contributed by atoms with van der Waals surface area (Å²) in [5, 5.41) is 0. The fourth-order valence-corrected chi connectivity index (χ4v) is 2.64. The van der Waals surface area contributed by atoms with Crippen LogP contribution in [0.3, 0.4) is 0 Å². The normalized spacial score (nSPS) is 16.1. The molecule has 0 bridgehead atoms. The van der Waals surface area contributed by atoms with E-state index in [1.165, 1.54) is 37.0 Å². The lowest BCUT2D eigenvalue weighted by Gasteiger charge is -2.42. The van der Waals surface area contributed by atoms with Gasteiger partial charge in [-0.05, 0) is 28.6 Å². The van der Waals surface area contributed by atoms with Crippen LogP contribution in [0.4, 0.5) is 0 Å². The summed E-state index contributed by atoms with van der Waals surface area (Å²) in [7, 11) is 2.19. The number of hydrogen-bond donors (Lipinski definition) is 0. The summed E-state index contributed by atoms with van der Waals surface area (Å²) in [6.07, 6.45) is 5.23. The molecular formula is C17H29N. The molecule has 0 atom stereocenters. The predicted molar refractivity (Wildman–Crippen MR) is 81.5 cm³/mol. The van der Waals surface area contributed by atoms with Crippen molar-refractivity contribution >= 4 is 0 Å². The van der Waals surface area contributed by atoms with Gasteiger partial charge in [-0.25, -0.2) is 0 Å². The van der Waals surface area contributed by atoms with E-state index >= 15 is 0 Å². The van der Waals surface area contributed by atoms with Gasteiger partial charge in [0.2, 0.25) is 0 Å². The van der Waals surface area contributed by atoms with E-state index in [1.807, 2.05) is 0 Å². The Hall–Kier alpha value is -0.980. The van der Waals surface area contributed by atoms with Gasteiger partial charge in [-0.15, -0.1) is 0 Å². The van der Waals surface area contributed by atoms with Gasteiger partial charge in [0, 0.05) is 19.3 Å². The average Bonchev–Trinajstić information content (AvgIpc) is 2.28. The number of nitrogens with zero attached hydrogens (tertiary/aromatic N) is 1. The third-order valence-corrected chi connectivity index (χ3v) is 3.67. The summed E-state index contributed by atoms with van der Waals surface area (Å²) in [6, 6.07) is 0. The van der Waals surface area contributed by atoms with Gasteiger partial charge in [0.25, 0.3) is 0 Å². The summed E-state index contributed by atoms with van der Waals surface area (Å²) in [5.74, 6) is 0. The van der Waals surface area contributed by atoms with Crippen molar-refractivity contribution in [2.75, 3.05) is 13.6 Å². The first-order chi connectivity index (χ1) is 8.30. The Labute approximate surface area is 113 Å². The molecule has 0 heterocycles. The van der Waals surface area contributed by atoms with Gasteiger partial charge in [0.1, 0.15) is 0 Å². The minimum atomic E-state index is 0.172. The van der Waals surface area contributed by atoms with Crippen LogP contribution >= 0.6 is 0 Å². The Bertz CT molecular complexity index is 366. The highest BCUT2D eigenvalue weighted by molar-refractivity contribution is 5.68. The van der Waals surface area contributed by atoms with E-state index < -0.39 is 0 Å². The Morgan fingerprint density at radius 2 is 1.61 bits per heavy atom. The van der Waals surface area contributed by atoms with Crippen molar-refractivity contribution in [1.82, 2.24) is 4.90 Å². The molecule has 0 aromatic carbocycles. The molecule has 0 amide bonds. The van der Waals surface area contributed by atoms with Gasteiger partial charge in [0.05, 0.1) is 0 Å². The first-order valence-corrected chi connectivity index (χ1v) is 7.15. The number of unbranched alkanes of at least 4 members (excludes halogenated alkanes) is 3. The third kappa shape index (κ3) is 3.07. The molecule has 0 N–H and O–H groups in total. The van der Waals surface area contributed by atoms with Crippen LogP contribution in [0.5, 0.6) is 0 Å². The Morgan fingerprint density at radius 3 is 2.11 bits per heavy atom. The summed E-state index contributed by atoms with van der Waals surface area (Å²) >= 11 is 0. The van der Waals surface area contributed by atoms with Crippen LogP contribution in [0.2, 0.25) is 0 Å². The summed E-state index contributed by atoms with van der Waals surface area (Å²) in [6.45, 7) is 18.4. The van der Waals surface area contributed by atoms with Crippen molar-refractivity contribution in [2.24, 2.45) is 5.41 Å². The van der Waals surface area contributed by atoms with E-state index in [-0.39, 0.29) is 5.41 Å². The molecule has 1 heteroatoms. The molecule has 1 rings (SSSR count). The van der Waals surface area contributed by atoms with Crippen LogP contribution in [-0.2, 0) is 0 Å². The predicted octanol–water partition coefficient (Wildman–Crippen LogP) is 4.92. The second kappa shape index (κ2) is 5.77. The van der Waals surface area contributed by atoms with E-state index in [2.05, 4.69) is 52.8 Å². The molecule has 1 aliphatic carbocycles. The van der Waals surface area contributed by atoms with Crippen molar-refractivity contribution in [3.05, 3.63) is 35.6 Å².